The van der Waals surface area contributed by atoms with Crippen molar-refractivity contribution >= 4 is 15.2 Å². The third-order valence-corrected chi connectivity index (χ3v) is 14.0. The van der Waals surface area contributed by atoms with Crippen molar-refractivity contribution in [3.8, 4) is 11.5 Å². The van der Waals surface area contributed by atoms with Crippen molar-refractivity contribution in [2.75, 3.05) is 27.5 Å². The summed E-state index contributed by atoms with van der Waals surface area (Å²) in [4.78, 5) is 0. The lowest BCUT2D eigenvalue weighted by Crippen LogP contribution is -2.47. The first-order valence-electron chi connectivity index (χ1n) is 18.1. The van der Waals surface area contributed by atoms with Gasteiger partial charge in [-0.3, -0.25) is 9.05 Å². The maximum Gasteiger partial charge on any atom is 0.191 e. The number of rotatable bonds is 13. The second-order valence-corrected chi connectivity index (χ2v) is 18.0. The summed E-state index contributed by atoms with van der Waals surface area (Å²) in [6.07, 6.45) is 3.53. The molecule has 3 aromatic rings. The minimum Gasteiger partial charge on any atom is -0.497 e. The molecule has 7 atom stereocenters. The molecule has 0 bridgehead atoms. The molecule has 0 spiro atoms. The molecule has 7 heteroatoms. The third kappa shape index (κ3) is 6.92. The fourth-order valence-electron chi connectivity index (χ4n) is 9.09. The lowest BCUT2D eigenvalue weighted by molar-refractivity contribution is -0.123. The van der Waals surface area contributed by atoms with Crippen molar-refractivity contribution in [3.05, 3.63) is 95.6 Å². The largest absolute Gasteiger partial charge is 0.497 e. The summed E-state index contributed by atoms with van der Waals surface area (Å²) in [5.74, 6) is 2.56. The summed E-state index contributed by atoms with van der Waals surface area (Å²) in [5, 5.41) is 0. The summed E-state index contributed by atoms with van der Waals surface area (Å²) in [5.41, 5.74) is 2.36. The molecule has 0 radical (unpaired) electrons. The lowest BCUT2D eigenvalue weighted by atomic mass is 9.68. The van der Waals surface area contributed by atoms with Crippen LogP contribution in [0.3, 0.4) is 0 Å². The van der Waals surface area contributed by atoms with Gasteiger partial charge in [-0.25, -0.2) is 0 Å². The van der Waals surface area contributed by atoms with Gasteiger partial charge in [0.15, 0.2) is 7.57 Å². The van der Waals surface area contributed by atoms with E-state index in [-0.39, 0.29) is 41.4 Å². The van der Waals surface area contributed by atoms with Crippen LogP contribution in [0.15, 0.2) is 78.9 Å². The highest BCUT2D eigenvalue weighted by molar-refractivity contribution is 7.89. The summed E-state index contributed by atoms with van der Waals surface area (Å²) >= 11 is 0. The predicted molar refractivity (Wildman–Crippen MR) is 212 cm³/mol. The summed E-state index contributed by atoms with van der Waals surface area (Å²) in [7, 11) is 1.34. The van der Waals surface area contributed by atoms with E-state index < -0.39 is 13.2 Å². The van der Waals surface area contributed by atoms with Crippen LogP contribution in [0.4, 0.5) is 0 Å². The Kier molecular flexibility index (Phi) is 11.1. The van der Waals surface area contributed by atoms with Crippen LogP contribution in [0.2, 0.25) is 0 Å². The SMILES string of the molecule is [BH3-][P+](C)(OC[C@@]1(C)C[C@@H](C)[C@@H](OC(c2ccccc2)(c2ccc(OC)cc2)c2ccc(OC)cc2)C1(C)C)OC1C(C)(C)[C@H](C)C[C@]1(C)CC. The minimum absolute atomic E-state index is 0.0621. The number of ether oxygens (including phenoxy) is 3. The molecular formula is C43H64BO5P. The second-order valence-electron chi connectivity index (χ2n) is 16.6. The summed E-state index contributed by atoms with van der Waals surface area (Å²) < 4.78 is 33.4. The molecule has 0 aliphatic heterocycles. The van der Waals surface area contributed by atoms with E-state index in [0.717, 1.165) is 41.0 Å². The van der Waals surface area contributed by atoms with Crippen LogP contribution in [0.1, 0.15) is 98.3 Å². The first kappa shape index (κ1) is 38.9. The smallest absolute Gasteiger partial charge is 0.191 e. The Balaban J connectivity index is 1.50. The van der Waals surface area contributed by atoms with Crippen molar-refractivity contribution in [3.63, 3.8) is 0 Å². The van der Waals surface area contributed by atoms with E-state index in [1.807, 2.05) is 24.3 Å². The van der Waals surface area contributed by atoms with Gasteiger partial charge in [-0.15, -0.1) is 0 Å². The number of benzene rings is 3. The maximum atomic E-state index is 7.80. The van der Waals surface area contributed by atoms with Crippen molar-refractivity contribution < 1.29 is 23.3 Å². The van der Waals surface area contributed by atoms with Crippen molar-refractivity contribution in [1.29, 1.82) is 0 Å². The van der Waals surface area contributed by atoms with Crippen molar-refractivity contribution in [2.24, 2.45) is 33.5 Å². The number of hydrogen-bond donors (Lipinski definition) is 0. The molecule has 2 fully saturated rings. The van der Waals surface area contributed by atoms with Crippen LogP contribution in [0, 0.1) is 33.5 Å². The molecule has 0 saturated heterocycles. The minimum atomic E-state index is -1.90. The van der Waals surface area contributed by atoms with Gasteiger partial charge in [0, 0.05) is 5.41 Å². The molecule has 0 heterocycles. The van der Waals surface area contributed by atoms with Crippen LogP contribution in [-0.2, 0) is 19.4 Å². The normalized spacial score (nSPS) is 30.2. The molecule has 2 aliphatic carbocycles. The fourth-order valence-corrected chi connectivity index (χ4v) is 10.4. The molecule has 2 aliphatic rings. The van der Waals surface area contributed by atoms with Gasteiger partial charge in [0.1, 0.15) is 23.2 Å². The average molecular weight is 703 g/mol. The Bertz CT molecular complexity index is 1530. The topological polar surface area (TPSA) is 46.2 Å². The van der Waals surface area contributed by atoms with E-state index in [9.17, 15) is 0 Å². The van der Waals surface area contributed by atoms with Crippen LogP contribution in [0.25, 0.3) is 0 Å². The average Bonchev–Trinajstić information content (AvgIpc) is 3.38. The van der Waals surface area contributed by atoms with Crippen molar-refractivity contribution in [1.82, 2.24) is 0 Å². The van der Waals surface area contributed by atoms with Crippen LogP contribution in [0.5, 0.6) is 11.5 Å². The van der Waals surface area contributed by atoms with Gasteiger partial charge in [0.2, 0.25) is 0 Å². The molecule has 5 nitrogen and oxygen atoms in total. The Hall–Kier alpha value is -2.37. The van der Waals surface area contributed by atoms with Gasteiger partial charge in [0.05, 0.1) is 41.2 Å². The van der Waals surface area contributed by atoms with E-state index >= 15 is 0 Å². The summed E-state index contributed by atoms with van der Waals surface area (Å²) in [6, 6.07) is 27.4. The maximum absolute atomic E-state index is 7.80. The first-order chi connectivity index (χ1) is 23.4. The van der Waals surface area contributed by atoms with Gasteiger partial charge >= 0.3 is 0 Å². The van der Waals surface area contributed by atoms with Crippen LogP contribution in [-0.4, -0.2) is 47.3 Å². The zero-order valence-corrected chi connectivity index (χ0v) is 33.0. The lowest BCUT2D eigenvalue weighted by Gasteiger charge is -2.47. The fraction of sp³-hybridized carbons (Fsp3) is 0.581. The Morgan fingerprint density at radius 2 is 1.26 bits per heavy atom. The zero-order valence-electron chi connectivity index (χ0n) is 32.1. The number of methoxy groups -OCH3 is 2. The molecule has 3 aromatic carbocycles. The standard InChI is InChI=1S/C43H64BO5P/c1-13-41(8)28-31(3)39(4,5)38(41)49-50(12,44)47-29-42(9)27-30(2)37(40(42,6)7)48-43(32-17-15-14-16-18-32,33-19-23-35(45-10)24-20-33)34-21-25-36(46-11)26-22-34/h14-26,30-31,37-38H,13,27-29H2,1-12,44H3/t30-,31-,37-,38?,41+,42-,50?/m1/s1. The highest BCUT2D eigenvalue weighted by Gasteiger charge is 2.60. The third-order valence-electron chi connectivity index (χ3n) is 13.0. The van der Waals surface area contributed by atoms with Crippen LogP contribution >= 0.6 is 7.59 Å². The molecular weight excluding hydrogens is 638 g/mol. The molecule has 2 unspecified atom stereocenters. The number of hydrogen-bond acceptors (Lipinski definition) is 5. The first-order valence-corrected chi connectivity index (χ1v) is 19.8. The molecule has 50 heavy (non-hydrogen) atoms. The molecule has 0 aromatic heterocycles. The van der Waals surface area contributed by atoms with E-state index in [4.69, 9.17) is 23.3 Å². The van der Waals surface area contributed by atoms with E-state index in [1.165, 1.54) is 6.42 Å². The van der Waals surface area contributed by atoms with E-state index in [1.54, 1.807) is 14.2 Å². The summed E-state index contributed by atoms with van der Waals surface area (Å²) in [6.45, 7) is 24.6. The zero-order chi connectivity index (χ0) is 36.8. The van der Waals surface area contributed by atoms with E-state index in [0.29, 0.717) is 18.4 Å². The molecule has 2 saturated carbocycles. The molecule has 274 valence electrons. The predicted octanol–water partition coefficient (Wildman–Crippen LogP) is 10.1. The molecule has 0 N–H and O–H groups in total. The molecule has 0 amide bonds. The van der Waals surface area contributed by atoms with Crippen molar-refractivity contribution in [2.45, 2.75) is 99.4 Å². The highest BCUT2D eigenvalue weighted by atomic mass is 31.2. The van der Waals surface area contributed by atoms with Gasteiger partial charge in [0.25, 0.3) is 0 Å². The van der Waals surface area contributed by atoms with E-state index in [2.05, 4.69) is 124 Å². The molecule has 5 rings (SSSR count). The second kappa shape index (κ2) is 14.2. The monoisotopic (exact) mass is 702 g/mol. The van der Waals surface area contributed by atoms with Gasteiger partial charge in [-0.1, -0.05) is 117 Å². The Morgan fingerprint density at radius 1 is 0.760 bits per heavy atom. The Morgan fingerprint density at radius 3 is 1.74 bits per heavy atom. The highest BCUT2D eigenvalue weighted by Crippen LogP contribution is 2.66. The van der Waals surface area contributed by atoms with Gasteiger partial charge in [-0.2, -0.15) is 0 Å². The van der Waals surface area contributed by atoms with Gasteiger partial charge < -0.3 is 14.2 Å². The van der Waals surface area contributed by atoms with Gasteiger partial charge in [-0.05, 0) is 88.3 Å². The quantitative estimate of drug-likeness (QED) is 0.101. The van der Waals surface area contributed by atoms with Crippen LogP contribution < -0.4 is 9.47 Å². The Labute approximate surface area is 305 Å².